The van der Waals surface area contributed by atoms with Crippen LogP contribution in [0.4, 0.5) is 10.2 Å². The predicted octanol–water partition coefficient (Wildman–Crippen LogP) is 2.76. The Morgan fingerprint density at radius 2 is 2.12 bits per heavy atom. The molecule has 0 unspecified atom stereocenters. The molecule has 1 fully saturated rings. The number of aromatic nitrogens is 4. The van der Waals surface area contributed by atoms with Crippen molar-refractivity contribution in [1.82, 2.24) is 25.1 Å². The molecule has 1 atom stereocenters. The third-order valence-electron chi connectivity index (χ3n) is 6.16. The van der Waals surface area contributed by atoms with E-state index in [-0.39, 0.29) is 30.1 Å². The summed E-state index contributed by atoms with van der Waals surface area (Å²) in [6.07, 6.45) is 3.27. The van der Waals surface area contributed by atoms with Crippen LogP contribution >= 0.6 is 0 Å². The number of fused-ring (bicyclic) bond motifs is 1. The SMILES string of the molecule is Cc1nc([C@H]2CCN(C(=O)c3ccn[nH]3)C2)nc2c1CCC(=O)N2Cc1cccc(F)c1. The molecule has 0 saturated carbocycles. The maximum absolute atomic E-state index is 13.7. The molecule has 9 heteroatoms. The fraction of sp³-hybridized carbons (Fsp3) is 0.348. The number of halogens is 1. The summed E-state index contributed by atoms with van der Waals surface area (Å²) in [5, 5.41) is 6.56. The van der Waals surface area contributed by atoms with Crippen LogP contribution in [-0.2, 0) is 17.8 Å². The highest BCUT2D eigenvalue weighted by Crippen LogP contribution is 2.33. The fourth-order valence-electron chi connectivity index (χ4n) is 4.47. The van der Waals surface area contributed by atoms with Crippen LogP contribution in [0.5, 0.6) is 0 Å². The number of hydrogen-bond acceptors (Lipinski definition) is 5. The molecule has 5 rings (SSSR count). The number of nitrogens with zero attached hydrogens (tertiary/aromatic N) is 5. The van der Waals surface area contributed by atoms with E-state index in [1.54, 1.807) is 34.2 Å². The highest BCUT2D eigenvalue weighted by atomic mass is 19.1. The van der Waals surface area contributed by atoms with Gasteiger partial charge in [0, 0.05) is 42.9 Å². The first-order valence-corrected chi connectivity index (χ1v) is 10.7. The van der Waals surface area contributed by atoms with Gasteiger partial charge in [-0.3, -0.25) is 19.6 Å². The molecule has 4 heterocycles. The summed E-state index contributed by atoms with van der Waals surface area (Å²) < 4.78 is 13.7. The second kappa shape index (κ2) is 8.14. The molecule has 1 saturated heterocycles. The monoisotopic (exact) mass is 434 g/mol. The Morgan fingerprint density at radius 3 is 2.91 bits per heavy atom. The summed E-state index contributed by atoms with van der Waals surface area (Å²) in [6, 6.07) is 7.92. The van der Waals surface area contributed by atoms with Gasteiger partial charge in [-0.1, -0.05) is 12.1 Å². The molecule has 8 nitrogen and oxygen atoms in total. The van der Waals surface area contributed by atoms with Gasteiger partial charge in [-0.25, -0.2) is 14.4 Å². The number of nitrogens with one attached hydrogen (secondary N) is 1. The molecule has 32 heavy (non-hydrogen) atoms. The normalized spacial score (nSPS) is 18.2. The topological polar surface area (TPSA) is 95.1 Å². The number of carbonyl (C=O) groups excluding carboxylic acids is 2. The summed E-state index contributed by atoms with van der Waals surface area (Å²) in [4.78, 5) is 38.4. The highest BCUT2D eigenvalue weighted by Gasteiger charge is 2.33. The average molecular weight is 434 g/mol. The third kappa shape index (κ3) is 3.74. The van der Waals surface area contributed by atoms with Gasteiger partial charge in [-0.2, -0.15) is 5.10 Å². The second-order valence-corrected chi connectivity index (χ2v) is 8.29. The van der Waals surface area contributed by atoms with Crippen molar-refractivity contribution >= 4 is 17.6 Å². The molecule has 2 aliphatic heterocycles. The van der Waals surface area contributed by atoms with E-state index in [1.807, 2.05) is 6.92 Å². The second-order valence-electron chi connectivity index (χ2n) is 8.29. The van der Waals surface area contributed by atoms with Gasteiger partial charge in [0.05, 0.1) is 6.54 Å². The zero-order valence-electron chi connectivity index (χ0n) is 17.7. The van der Waals surface area contributed by atoms with Crippen LogP contribution in [-0.4, -0.2) is 50.0 Å². The van der Waals surface area contributed by atoms with Crippen LogP contribution < -0.4 is 4.90 Å². The van der Waals surface area contributed by atoms with Crippen LogP contribution in [0.2, 0.25) is 0 Å². The average Bonchev–Trinajstić information content (AvgIpc) is 3.48. The molecule has 0 bridgehead atoms. The largest absolute Gasteiger partial charge is 0.337 e. The zero-order chi connectivity index (χ0) is 22.2. The first kappa shape index (κ1) is 20.3. The summed E-state index contributed by atoms with van der Waals surface area (Å²) in [6.45, 7) is 3.30. The summed E-state index contributed by atoms with van der Waals surface area (Å²) in [5.41, 5.74) is 2.97. The number of carbonyl (C=O) groups is 2. The Hall–Kier alpha value is -3.62. The molecule has 2 aromatic heterocycles. The van der Waals surface area contributed by atoms with E-state index in [0.717, 1.165) is 17.7 Å². The number of aryl methyl sites for hydroxylation is 1. The summed E-state index contributed by atoms with van der Waals surface area (Å²) in [7, 11) is 0. The molecular weight excluding hydrogens is 411 g/mol. The van der Waals surface area contributed by atoms with Crippen molar-refractivity contribution in [2.24, 2.45) is 0 Å². The first-order chi connectivity index (χ1) is 15.5. The molecule has 1 aromatic carbocycles. The van der Waals surface area contributed by atoms with Crippen molar-refractivity contribution < 1.29 is 14.0 Å². The Balaban J connectivity index is 1.42. The van der Waals surface area contributed by atoms with Gasteiger partial charge < -0.3 is 4.90 Å². The number of aromatic amines is 1. The highest BCUT2D eigenvalue weighted by molar-refractivity contribution is 5.95. The van der Waals surface area contributed by atoms with Crippen molar-refractivity contribution in [2.45, 2.75) is 38.6 Å². The number of H-pyrrole nitrogens is 1. The lowest BCUT2D eigenvalue weighted by Crippen LogP contribution is -2.36. The van der Waals surface area contributed by atoms with Crippen molar-refractivity contribution in [2.75, 3.05) is 18.0 Å². The lowest BCUT2D eigenvalue weighted by Gasteiger charge is -2.30. The van der Waals surface area contributed by atoms with Crippen molar-refractivity contribution in [3.63, 3.8) is 0 Å². The summed E-state index contributed by atoms with van der Waals surface area (Å²) >= 11 is 0. The van der Waals surface area contributed by atoms with Gasteiger partial charge in [0.25, 0.3) is 5.91 Å². The number of rotatable bonds is 4. The van der Waals surface area contributed by atoms with Crippen LogP contribution in [0.3, 0.4) is 0 Å². The number of anilines is 1. The van der Waals surface area contributed by atoms with Crippen LogP contribution in [0.25, 0.3) is 0 Å². The van der Waals surface area contributed by atoms with Gasteiger partial charge in [0.15, 0.2) is 0 Å². The van der Waals surface area contributed by atoms with Crippen LogP contribution in [0, 0.1) is 12.7 Å². The Bertz CT molecular complexity index is 1180. The molecule has 0 spiro atoms. The standard InChI is InChI=1S/C23H23FN6O2/c1-14-18-5-6-20(31)30(12-15-3-2-4-17(24)11-15)22(18)27-21(26-14)16-8-10-29(13-16)23(32)19-7-9-25-28-19/h2-4,7,9,11,16H,5-6,8,10,12-13H2,1H3,(H,25,28)/t16-/m0/s1. The third-order valence-corrected chi connectivity index (χ3v) is 6.16. The van der Waals surface area contributed by atoms with E-state index in [0.29, 0.717) is 48.8 Å². The minimum Gasteiger partial charge on any atom is -0.337 e. The van der Waals surface area contributed by atoms with Crippen molar-refractivity contribution in [3.8, 4) is 0 Å². The quantitative estimate of drug-likeness (QED) is 0.681. The van der Waals surface area contributed by atoms with E-state index < -0.39 is 0 Å². The predicted molar refractivity (Wildman–Crippen MR) is 115 cm³/mol. The number of hydrogen-bond donors (Lipinski definition) is 1. The first-order valence-electron chi connectivity index (χ1n) is 10.7. The molecule has 2 amide bonds. The van der Waals surface area contributed by atoms with E-state index in [4.69, 9.17) is 9.97 Å². The van der Waals surface area contributed by atoms with Gasteiger partial charge in [-0.15, -0.1) is 0 Å². The molecular formula is C23H23FN6O2. The number of amides is 2. The van der Waals surface area contributed by atoms with Crippen molar-refractivity contribution in [1.29, 1.82) is 0 Å². The van der Waals surface area contributed by atoms with Crippen LogP contribution in [0.1, 0.15) is 51.9 Å². The minimum absolute atomic E-state index is 0.0149. The lowest BCUT2D eigenvalue weighted by atomic mass is 10.0. The zero-order valence-corrected chi connectivity index (χ0v) is 17.7. The van der Waals surface area contributed by atoms with Crippen molar-refractivity contribution in [3.05, 3.63) is 70.7 Å². The molecule has 164 valence electrons. The number of benzene rings is 1. The van der Waals surface area contributed by atoms with E-state index in [1.165, 1.54) is 12.1 Å². The Labute approximate surface area is 184 Å². The van der Waals surface area contributed by atoms with E-state index in [9.17, 15) is 14.0 Å². The molecule has 1 N–H and O–H groups in total. The summed E-state index contributed by atoms with van der Waals surface area (Å²) in [5.74, 6) is 0.765. The molecule has 0 aliphatic carbocycles. The molecule has 2 aliphatic rings. The Kier molecular flexibility index (Phi) is 5.16. The van der Waals surface area contributed by atoms with Gasteiger partial charge in [-0.05, 0) is 43.5 Å². The van der Waals surface area contributed by atoms with E-state index in [2.05, 4.69) is 10.2 Å². The van der Waals surface area contributed by atoms with Crippen LogP contribution in [0.15, 0.2) is 36.5 Å². The van der Waals surface area contributed by atoms with Gasteiger partial charge in [0.1, 0.15) is 23.2 Å². The Morgan fingerprint density at radius 1 is 1.25 bits per heavy atom. The maximum atomic E-state index is 13.7. The van der Waals surface area contributed by atoms with E-state index >= 15 is 0 Å². The number of likely N-dealkylation sites (tertiary alicyclic amines) is 1. The van der Waals surface area contributed by atoms with Gasteiger partial charge >= 0.3 is 0 Å². The smallest absolute Gasteiger partial charge is 0.271 e. The molecule has 3 aromatic rings. The minimum atomic E-state index is -0.334. The van der Waals surface area contributed by atoms with Gasteiger partial charge in [0.2, 0.25) is 5.91 Å². The lowest BCUT2D eigenvalue weighted by molar-refractivity contribution is -0.119. The maximum Gasteiger partial charge on any atom is 0.271 e. The fourth-order valence-corrected chi connectivity index (χ4v) is 4.47. The molecule has 0 radical (unpaired) electrons.